The third kappa shape index (κ3) is 3.88. The fourth-order valence-electron chi connectivity index (χ4n) is 2.28. The molecule has 19 heavy (non-hydrogen) atoms. The average Bonchev–Trinajstić information content (AvgIpc) is 2.42. The van der Waals surface area contributed by atoms with Crippen LogP contribution in [0.1, 0.15) is 29.7 Å². The third-order valence-corrected chi connectivity index (χ3v) is 3.75. The molecule has 0 amide bonds. The van der Waals surface area contributed by atoms with Crippen LogP contribution in [0.15, 0.2) is 47.2 Å². The van der Waals surface area contributed by atoms with Crippen molar-refractivity contribution >= 4 is 15.9 Å². The highest BCUT2D eigenvalue weighted by atomic mass is 79.9. The first-order valence-electron chi connectivity index (χ1n) is 6.59. The summed E-state index contributed by atoms with van der Waals surface area (Å²) in [5, 5.41) is 3.57. The molecule has 0 aliphatic carbocycles. The van der Waals surface area contributed by atoms with Crippen molar-refractivity contribution in [3.05, 3.63) is 63.9 Å². The van der Waals surface area contributed by atoms with E-state index in [1.165, 1.54) is 16.7 Å². The lowest BCUT2D eigenvalue weighted by Crippen LogP contribution is -2.23. The van der Waals surface area contributed by atoms with Gasteiger partial charge in [-0.25, -0.2) is 0 Å². The van der Waals surface area contributed by atoms with Crippen molar-refractivity contribution in [1.82, 2.24) is 10.3 Å². The number of likely N-dealkylation sites (N-methyl/N-ethyl adjacent to an activating group) is 1. The molecule has 2 rings (SSSR count). The number of nitrogens with one attached hydrogen (secondary N) is 1. The van der Waals surface area contributed by atoms with Gasteiger partial charge in [-0.2, -0.15) is 0 Å². The summed E-state index contributed by atoms with van der Waals surface area (Å²) in [5.74, 6) is 0. The van der Waals surface area contributed by atoms with Crippen LogP contribution >= 0.6 is 15.9 Å². The fraction of sp³-hybridized carbons (Fsp3) is 0.312. The predicted octanol–water partition coefficient (Wildman–Crippen LogP) is 4.05. The Morgan fingerprint density at radius 3 is 2.63 bits per heavy atom. The summed E-state index contributed by atoms with van der Waals surface area (Å²) in [6, 6.07) is 11.0. The molecule has 1 N–H and O–H groups in total. The summed E-state index contributed by atoms with van der Waals surface area (Å²) in [6.45, 7) is 5.27. The fourth-order valence-corrected chi connectivity index (χ4v) is 2.66. The Morgan fingerprint density at radius 1 is 1.21 bits per heavy atom. The lowest BCUT2D eigenvalue weighted by molar-refractivity contribution is 0.547. The Bertz CT molecular complexity index is 526. The highest BCUT2D eigenvalue weighted by Crippen LogP contribution is 2.25. The molecule has 1 atom stereocenters. The highest BCUT2D eigenvalue weighted by molar-refractivity contribution is 9.10. The van der Waals surface area contributed by atoms with Crippen LogP contribution in [0.4, 0.5) is 0 Å². The number of benzene rings is 1. The van der Waals surface area contributed by atoms with Crippen molar-refractivity contribution in [2.45, 2.75) is 26.3 Å². The van der Waals surface area contributed by atoms with Crippen molar-refractivity contribution in [2.24, 2.45) is 0 Å². The molecular weight excluding hydrogens is 300 g/mol. The summed E-state index contributed by atoms with van der Waals surface area (Å²) >= 11 is 3.56. The minimum atomic E-state index is 0.338. The van der Waals surface area contributed by atoms with E-state index >= 15 is 0 Å². The number of hydrogen-bond donors (Lipinski definition) is 1. The maximum Gasteiger partial charge on any atom is 0.0363 e. The maximum absolute atomic E-state index is 4.08. The van der Waals surface area contributed by atoms with Gasteiger partial charge in [-0.1, -0.05) is 28.9 Å². The molecule has 0 saturated carbocycles. The van der Waals surface area contributed by atoms with Gasteiger partial charge in [-0.05, 0) is 60.8 Å². The molecule has 1 aromatic carbocycles. The minimum absolute atomic E-state index is 0.338. The summed E-state index contributed by atoms with van der Waals surface area (Å²) in [6.07, 6.45) is 4.69. The zero-order valence-corrected chi connectivity index (χ0v) is 12.9. The molecular formula is C16H19BrN2. The number of halogens is 1. The zero-order valence-electron chi connectivity index (χ0n) is 11.4. The largest absolute Gasteiger partial charge is 0.310 e. The van der Waals surface area contributed by atoms with Crippen LogP contribution in [0.3, 0.4) is 0 Å². The van der Waals surface area contributed by atoms with E-state index in [4.69, 9.17) is 0 Å². The van der Waals surface area contributed by atoms with Gasteiger partial charge in [0.25, 0.3) is 0 Å². The van der Waals surface area contributed by atoms with Gasteiger partial charge in [0, 0.05) is 22.9 Å². The van der Waals surface area contributed by atoms with Crippen molar-refractivity contribution in [3.8, 4) is 0 Å². The zero-order chi connectivity index (χ0) is 13.7. The van der Waals surface area contributed by atoms with Gasteiger partial charge in [-0.15, -0.1) is 0 Å². The van der Waals surface area contributed by atoms with Gasteiger partial charge in [0.15, 0.2) is 0 Å². The van der Waals surface area contributed by atoms with E-state index in [-0.39, 0.29) is 0 Å². The van der Waals surface area contributed by atoms with Gasteiger partial charge in [0.05, 0.1) is 0 Å². The van der Waals surface area contributed by atoms with Gasteiger partial charge in [0.1, 0.15) is 0 Å². The Morgan fingerprint density at radius 2 is 1.95 bits per heavy atom. The molecule has 1 heterocycles. The van der Waals surface area contributed by atoms with Gasteiger partial charge in [-0.3, -0.25) is 4.98 Å². The van der Waals surface area contributed by atoms with E-state index in [1.807, 2.05) is 12.4 Å². The topological polar surface area (TPSA) is 24.9 Å². The number of aryl methyl sites for hydroxylation is 1. The van der Waals surface area contributed by atoms with Crippen molar-refractivity contribution < 1.29 is 0 Å². The summed E-state index contributed by atoms with van der Waals surface area (Å²) in [4.78, 5) is 4.08. The summed E-state index contributed by atoms with van der Waals surface area (Å²) in [5.41, 5.74) is 3.98. The van der Waals surface area contributed by atoms with Crippen LogP contribution in [-0.2, 0) is 6.42 Å². The maximum atomic E-state index is 4.08. The molecule has 0 fully saturated rings. The smallest absolute Gasteiger partial charge is 0.0363 e. The summed E-state index contributed by atoms with van der Waals surface area (Å²) in [7, 11) is 0. The average molecular weight is 319 g/mol. The Hall–Kier alpha value is -1.19. The van der Waals surface area contributed by atoms with E-state index in [0.29, 0.717) is 6.04 Å². The van der Waals surface area contributed by atoms with Crippen LogP contribution in [0.2, 0.25) is 0 Å². The lowest BCUT2D eigenvalue weighted by Gasteiger charge is -2.21. The van der Waals surface area contributed by atoms with Gasteiger partial charge < -0.3 is 5.32 Å². The SMILES string of the molecule is CCNC(Cc1ccncc1)c1cc(Br)ccc1C. The number of pyridine rings is 1. The third-order valence-electron chi connectivity index (χ3n) is 3.26. The number of rotatable bonds is 5. The van der Waals surface area contributed by atoms with Crippen LogP contribution in [0.5, 0.6) is 0 Å². The number of nitrogens with zero attached hydrogens (tertiary/aromatic N) is 1. The Kier molecular flexibility index (Phi) is 5.11. The number of hydrogen-bond acceptors (Lipinski definition) is 2. The molecule has 0 spiro atoms. The standard InChI is InChI=1S/C16H19BrN2/c1-3-19-16(10-13-6-8-18-9-7-13)15-11-14(17)5-4-12(15)2/h4-9,11,16,19H,3,10H2,1-2H3. The monoisotopic (exact) mass is 318 g/mol. The first-order chi connectivity index (χ1) is 9.20. The summed E-state index contributed by atoms with van der Waals surface area (Å²) < 4.78 is 1.13. The second kappa shape index (κ2) is 6.83. The molecule has 2 aromatic rings. The second-order valence-corrected chi connectivity index (χ2v) is 5.59. The predicted molar refractivity (Wildman–Crippen MR) is 83.2 cm³/mol. The van der Waals surface area contributed by atoms with Crippen LogP contribution < -0.4 is 5.32 Å². The Labute approximate surface area is 123 Å². The molecule has 100 valence electrons. The first kappa shape index (κ1) is 14.2. The van der Waals surface area contributed by atoms with E-state index in [0.717, 1.165) is 17.4 Å². The molecule has 0 aliphatic rings. The highest BCUT2D eigenvalue weighted by Gasteiger charge is 2.13. The molecule has 0 saturated heterocycles. The molecule has 1 unspecified atom stereocenters. The first-order valence-corrected chi connectivity index (χ1v) is 7.38. The Balaban J connectivity index is 2.27. The van der Waals surface area contributed by atoms with E-state index in [2.05, 4.69) is 70.4 Å². The van der Waals surface area contributed by atoms with E-state index in [1.54, 1.807) is 0 Å². The second-order valence-electron chi connectivity index (χ2n) is 4.67. The van der Waals surface area contributed by atoms with Crippen molar-refractivity contribution in [2.75, 3.05) is 6.54 Å². The van der Waals surface area contributed by atoms with Crippen LogP contribution in [0, 0.1) is 6.92 Å². The van der Waals surface area contributed by atoms with Crippen LogP contribution in [-0.4, -0.2) is 11.5 Å². The van der Waals surface area contributed by atoms with Crippen molar-refractivity contribution in [1.29, 1.82) is 0 Å². The molecule has 2 nitrogen and oxygen atoms in total. The lowest BCUT2D eigenvalue weighted by atomic mass is 9.96. The van der Waals surface area contributed by atoms with E-state index in [9.17, 15) is 0 Å². The molecule has 0 bridgehead atoms. The number of aromatic nitrogens is 1. The molecule has 1 aromatic heterocycles. The van der Waals surface area contributed by atoms with Crippen LogP contribution in [0.25, 0.3) is 0 Å². The van der Waals surface area contributed by atoms with E-state index < -0.39 is 0 Å². The van der Waals surface area contributed by atoms with Gasteiger partial charge >= 0.3 is 0 Å². The molecule has 0 aliphatic heterocycles. The van der Waals surface area contributed by atoms with Crippen molar-refractivity contribution in [3.63, 3.8) is 0 Å². The molecule has 3 heteroatoms. The minimum Gasteiger partial charge on any atom is -0.310 e. The molecule has 0 radical (unpaired) electrons. The normalized spacial score (nSPS) is 12.4. The quantitative estimate of drug-likeness (QED) is 0.899. The van der Waals surface area contributed by atoms with Gasteiger partial charge in [0.2, 0.25) is 0 Å².